The minimum atomic E-state index is 0.164. The molecule has 0 saturated heterocycles. The number of phenolic OH excluding ortho intramolecular Hbond substituents is 2. The fourth-order valence-corrected chi connectivity index (χ4v) is 6.78. The smallest absolute Gasteiger partial charge is 0.132 e. The molecule has 8 aromatic carbocycles. The number of hydrogen-bond donors (Lipinski definition) is 2. The van der Waals surface area contributed by atoms with Gasteiger partial charge in [-0.15, -0.1) is 0 Å². The number of rotatable bonds is 3. The van der Waals surface area contributed by atoms with E-state index in [1.807, 2.05) is 54.6 Å². The van der Waals surface area contributed by atoms with Gasteiger partial charge < -0.3 is 10.2 Å². The summed E-state index contributed by atoms with van der Waals surface area (Å²) in [6.07, 6.45) is 0. The number of aromatic hydroxyl groups is 2. The van der Waals surface area contributed by atoms with Crippen LogP contribution in [0.5, 0.6) is 11.5 Å². The maximum absolute atomic E-state index is 12.5. The first kappa shape index (κ1) is 25.1. The number of phenols is 2. The van der Waals surface area contributed by atoms with Crippen molar-refractivity contribution < 1.29 is 10.2 Å². The Hall–Kier alpha value is -5.60. The van der Waals surface area contributed by atoms with Crippen LogP contribution in [0.3, 0.4) is 0 Å². The third kappa shape index (κ3) is 3.88. The SMILES string of the molecule is Cc1cccc2ccc3cc(-c4ccccc4)c(-c4c(-c5ccccc5)cc5ccc6ccccc6c5c4O)c(O)c3c12. The molecule has 0 radical (unpaired) electrons. The van der Waals surface area contributed by atoms with Gasteiger partial charge in [0.05, 0.1) is 0 Å². The Labute approximate surface area is 249 Å². The summed E-state index contributed by atoms with van der Waals surface area (Å²) < 4.78 is 0. The lowest BCUT2D eigenvalue weighted by Gasteiger charge is -2.22. The minimum Gasteiger partial charge on any atom is -0.507 e. The van der Waals surface area contributed by atoms with Gasteiger partial charge >= 0.3 is 0 Å². The van der Waals surface area contributed by atoms with Crippen molar-refractivity contribution in [2.24, 2.45) is 0 Å². The number of fused-ring (bicyclic) bond motifs is 6. The third-order valence-corrected chi connectivity index (χ3v) is 8.75. The molecule has 0 aliphatic rings. The standard InChI is InChI=1S/C41H28O2/c1-25-11-10-17-29-20-22-31-24-34(27-14-6-3-7-15-27)39(41(43)37(31)35(25)29)38-33(26-12-4-2-5-13-26)23-30-21-19-28-16-8-9-18-32(28)36(30)40(38)42/h2-24,42-43H,1H3. The fourth-order valence-electron chi connectivity index (χ4n) is 6.78. The van der Waals surface area contributed by atoms with Crippen LogP contribution in [0.2, 0.25) is 0 Å². The van der Waals surface area contributed by atoms with Crippen LogP contribution in [0.25, 0.3) is 76.5 Å². The molecule has 2 N–H and O–H groups in total. The average molecular weight is 553 g/mol. The summed E-state index contributed by atoms with van der Waals surface area (Å²) in [4.78, 5) is 0. The zero-order valence-electron chi connectivity index (χ0n) is 23.7. The molecule has 0 bridgehead atoms. The van der Waals surface area contributed by atoms with Crippen LogP contribution < -0.4 is 0 Å². The Morgan fingerprint density at radius 2 is 0.884 bits per heavy atom. The van der Waals surface area contributed by atoms with Crippen molar-refractivity contribution in [2.45, 2.75) is 6.92 Å². The number of hydrogen-bond acceptors (Lipinski definition) is 2. The predicted octanol–water partition coefficient (Wildman–Crippen LogP) is 11.0. The molecule has 0 unspecified atom stereocenters. The van der Waals surface area contributed by atoms with Crippen LogP contribution in [-0.4, -0.2) is 10.2 Å². The number of aryl methyl sites for hydroxylation is 1. The lowest BCUT2D eigenvalue weighted by atomic mass is 9.83. The molecular formula is C41H28O2. The zero-order chi connectivity index (χ0) is 29.1. The van der Waals surface area contributed by atoms with E-state index in [1.165, 1.54) is 0 Å². The molecule has 0 heterocycles. The van der Waals surface area contributed by atoms with Gasteiger partial charge in [-0.2, -0.15) is 0 Å². The lowest BCUT2D eigenvalue weighted by Crippen LogP contribution is -1.95. The second-order valence-electron chi connectivity index (χ2n) is 11.2. The van der Waals surface area contributed by atoms with Crippen molar-refractivity contribution in [2.75, 3.05) is 0 Å². The van der Waals surface area contributed by atoms with Crippen molar-refractivity contribution in [3.8, 4) is 44.9 Å². The van der Waals surface area contributed by atoms with E-state index in [2.05, 4.69) is 91.9 Å². The van der Waals surface area contributed by atoms with Gasteiger partial charge in [0.15, 0.2) is 0 Å². The molecule has 43 heavy (non-hydrogen) atoms. The monoisotopic (exact) mass is 552 g/mol. The van der Waals surface area contributed by atoms with Gasteiger partial charge in [0.2, 0.25) is 0 Å². The maximum atomic E-state index is 12.5. The summed E-state index contributed by atoms with van der Waals surface area (Å²) in [5, 5.41) is 32.6. The van der Waals surface area contributed by atoms with Gasteiger partial charge in [0, 0.05) is 21.9 Å². The molecular weight excluding hydrogens is 524 g/mol. The van der Waals surface area contributed by atoms with Crippen LogP contribution >= 0.6 is 0 Å². The first-order valence-electron chi connectivity index (χ1n) is 14.6. The van der Waals surface area contributed by atoms with E-state index >= 15 is 0 Å². The van der Waals surface area contributed by atoms with E-state index in [-0.39, 0.29) is 11.5 Å². The average Bonchev–Trinajstić information content (AvgIpc) is 3.05. The molecule has 0 aliphatic carbocycles. The van der Waals surface area contributed by atoms with E-state index in [1.54, 1.807) is 0 Å². The highest BCUT2D eigenvalue weighted by Crippen LogP contribution is 2.54. The van der Waals surface area contributed by atoms with E-state index in [4.69, 9.17) is 0 Å². The summed E-state index contributed by atoms with van der Waals surface area (Å²) in [7, 11) is 0. The van der Waals surface area contributed by atoms with Crippen LogP contribution in [-0.2, 0) is 0 Å². The first-order chi connectivity index (χ1) is 21.1. The largest absolute Gasteiger partial charge is 0.507 e. The van der Waals surface area contributed by atoms with Crippen molar-refractivity contribution in [3.63, 3.8) is 0 Å². The second kappa shape index (κ2) is 9.75. The summed E-state index contributed by atoms with van der Waals surface area (Å²) in [6.45, 7) is 2.08. The molecule has 0 aliphatic heterocycles. The summed E-state index contributed by atoms with van der Waals surface area (Å²) in [6, 6.07) is 47.3. The van der Waals surface area contributed by atoms with Crippen molar-refractivity contribution in [3.05, 3.63) is 145 Å². The van der Waals surface area contributed by atoms with E-state index in [0.717, 1.165) is 70.9 Å². The molecule has 8 aromatic rings. The highest BCUT2D eigenvalue weighted by atomic mass is 16.3. The Morgan fingerprint density at radius 3 is 1.53 bits per heavy atom. The first-order valence-corrected chi connectivity index (χ1v) is 14.6. The van der Waals surface area contributed by atoms with Crippen LogP contribution in [0.15, 0.2) is 140 Å². The number of benzene rings is 8. The topological polar surface area (TPSA) is 40.5 Å². The zero-order valence-corrected chi connectivity index (χ0v) is 23.7. The van der Waals surface area contributed by atoms with Gasteiger partial charge in [0.25, 0.3) is 0 Å². The van der Waals surface area contributed by atoms with E-state index < -0.39 is 0 Å². The van der Waals surface area contributed by atoms with E-state index in [0.29, 0.717) is 11.1 Å². The van der Waals surface area contributed by atoms with E-state index in [9.17, 15) is 10.2 Å². The molecule has 2 nitrogen and oxygen atoms in total. The van der Waals surface area contributed by atoms with Crippen LogP contribution in [0.4, 0.5) is 0 Å². The second-order valence-corrected chi connectivity index (χ2v) is 11.2. The Bertz CT molecular complexity index is 2350. The highest BCUT2D eigenvalue weighted by molar-refractivity contribution is 6.20. The van der Waals surface area contributed by atoms with Gasteiger partial charge in [-0.25, -0.2) is 0 Å². The molecule has 204 valence electrons. The van der Waals surface area contributed by atoms with Crippen LogP contribution in [0.1, 0.15) is 5.56 Å². The molecule has 0 atom stereocenters. The predicted molar refractivity (Wildman–Crippen MR) is 181 cm³/mol. The van der Waals surface area contributed by atoms with Gasteiger partial charge in [-0.1, -0.05) is 127 Å². The lowest BCUT2D eigenvalue weighted by molar-refractivity contribution is 0.476. The van der Waals surface area contributed by atoms with Crippen LogP contribution in [0, 0.1) is 6.92 Å². The highest BCUT2D eigenvalue weighted by Gasteiger charge is 2.25. The third-order valence-electron chi connectivity index (χ3n) is 8.75. The summed E-state index contributed by atoms with van der Waals surface area (Å²) in [5.41, 5.74) is 6.01. The molecule has 0 aromatic heterocycles. The molecule has 2 heteroatoms. The normalized spacial score (nSPS) is 11.6. The van der Waals surface area contributed by atoms with Crippen molar-refractivity contribution in [1.29, 1.82) is 0 Å². The van der Waals surface area contributed by atoms with Gasteiger partial charge in [-0.3, -0.25) is 0 Å². The summed E-state index contributed by atoms with van der Waals surface area (Å²) in [5.74, 6) is 0.334. The van der Waals surface area contributed by atoms with Crippen molar-refractivity contribution >= 4 is 43.1 Å². The molecule has 8 rings (SSSR count). The minimum absolute atomic E-state index is 0.164. The van der Waals surface area contributed by atoms with Gasteiger partial charge in [-0.05, 0) is 79.2 Å². The molecule has 0 amide bonds. The fraction of sp³-hybridized carbons (Fsp3) is 0.0244. The van der Waals surface area contributed by atoms with Crippen molar-refractivity contribution in [1.82, 2.24) is 0 Å². The maximum Gasteiger partial charge on any atom is 0.132 e. The summed E-state index contributed by atoms with van der Waals surface area (Å²) >= 11 is 0. The quantitative estimate of drug-likeness (QED) is 0.214. The van der Waals surface area contributed by atoms with Gasteiger partial charge in [0.1, 0.15) is 11.5 Å². The molecule has 0 saturated carbocycles. The molecule has 0 fully saturated rings. The molecule has 0 spiro atoms. The Morgan fingerprint density at radius 1 is 0.395 bits per heavy atom. The Balaban J connectivity index is 1.62. The Kier molecular flexibility index (Phi) is 5.70.